The molecule has 10 aromatic rings. The minimum absolute atomic E-state index is 0.0145. The van der Waals surface area contributed by atoms with Gasteiger partial charge in [0.05, 0.1) is 8.22 Å². The number of fused-ring (bicyclic) bond motifs is 8. The van der Waals surface area contributed by atoms with Crippen LogP contribution in [0.3, 0.4) is 0 Å². The van der Waals surface area contributed by atoms with Crippen LogP contribution in [0.2, 0.25) is 0 Å². The minimum atomic E-state index is -0.438. The number of hydrogen-bond donors (Lipinski definition) is 0. The highest BCUT2D eigenvalue weighted by Crippen LogP contribution is 2.49. The molecule has 10 rings (SSSR count). The van der Waals surface area contributed by atoms with Gasteiger partial charge in [-0.25, -0.2) is 0 Å². The van der Waals surface area contributed by atoms with Gasteiger partial charge in [-0.3, -0.25) is 0 Å². The summed E-state index contributed by atoms with van der Waals surface area (Å²) in [5.41, 5.74) is 4.67. The summed E-state index contributed by atoms with van der Waals surface area (Å²) in [4.78, 5) is 0. The third-order valence-corrected chi connectivity index (χ3v) is 9.10. The molecule has 0 spiro atoms. The van der Waals surface area contributed by atoms with E-state index in [0.29, 0.717) is 16.4 Å². The Morgan fingerprint density at radius 2 is 0.978 bits per heavy atom. The molecule has 0 unspecified atom stereocenters. The summed E-state index contributed by atoms with van der Waals surface area (Å²) < 4.78 is 59.4. The van der Waals surface area contributed by atoms with Crippen LogP contribution in [-0.2, 0) is 0 Å². The Bertz CT molecular complexity index is 3100. The summed E-state index contributed by atoms with van der Waals surface area (Å²) >= 11 is 0. The van der Waals surface area contributed by atoms with Crippen molar-refractivity contribution in [2.45, 2.75) is 0 Å². The van der Waals surface area contributed by atoms with Gasteiger partial charge in [0.1, 0.15) is 11.2 Å². The van der Waals surface area contributed by atoms with Crippen LogP contribution in [0.25, 0.3) is 98.1 Å². The molecule has 0 aliphatic heterocycles. The molecule has 0 saturated heterocycles. The van der Waals surface area contributed by atoms with E-state index in [0.717, 1.165) is 60.0 Å². The van der Waals surface area contributed by atoms with Crippen molar-refractivity contribution in [3.8, 4) is 22.3 Å². The number of benzene rings is 9. The SMILES string of the molecule is [2H]c1c([2H])c([2H])c2c([2H])c3c(oc4cc5ccccc5c(-c5c6ccccc6c(-c6ccc7ccccc7c6)c6ccccc56)c43)c([2H])c2c1[2H]. The third-order valence-electron chi connectivity index (χ3n) is 9.10. The second kappa shape index (κ2) is 9.29. The molecule has 0 bridgehead atoms. The fourth-order valence-electron chi connectivity index (χ4n) is 7.18. The Morgan fingerprint density at radius 1 is 0.400 bits per heavy atom. The van der Waals surface area contributed by atoms with E-state index < -0.39 is 12.1 Å². The van der Waals surface area contributed by atoms with E-state index in [1.165, 1.54) is 5.39 Å². The van der Waals surface area contributed by atoms with Gasteiger partial charge in [-0.2, -0.15) is 0 Å². The molecule has 1 nitrogen and oxygen atoms in total. The Labute approximate surface area is 268 Å². The van der Waals surface area contributed by atoms with Gasteiger partial charge in [0.25, 0.3) is 0 Å². The molecule has 0 amide bonds. The molecule has 1 aromatic heterocycles. The van der Waals surface area contributed by atoms with Gasteiger partial charge in [-0.05, 0) is 94.8 Å². The smallest absolute Gasteiger partial charge is 0.136 e. The van der Waals surface area contributed by atoms with Crippen molar-refractivity contribution in [2.75, 3.05) is 0 Å². The Balaban J connectivity index is 1.44. The van der Waals surface area contributed by atoms with Crippen molar-refractivity contribution in [2.24, 2.45) is 0 Å². The standard InChI is InChI=1S/C44H26O/c1-2-12-28-23-32(22-21-27(28)11-1)41-34-17-7-9-19-36(34)42(37-20-10-8-18-35(37)41)44-33-16-6-5-15-31(33)26-40-43(44)38-24-29-13-3-4-14-30(29)25-39(38)45-40/h1-26H/i3D,4D,13D,14D,24D,25D. The molecule has 0 saturated carbocycles. The first-order valence-electron chi connectivity index (χ1n) is 18.0. The number of hydrogen-bond acceptors (Lipinski definition) is 1. The van der Waals surface area contributed by atoms with Crippen LogP contribution in [0.4, 0.5) is 0 Å². The summed E-state index contributed by atoms with van der Waals surface area (Å²) in [6.07, 6.45) is 0. The van der Waals surface area contributed by atoms with Gasteiger partial charge < -0.3 is 4.42 Å². The van der Waals surface area contributed by atoms with Crippen molar-refractivity contribution in [3.63, 3.8) is 0 Å². The lowest BCUT2D eigenvalue weighted by Gasteiger charge is -2.19. The van der Waals surface area contributed by atoms with Gasteiger partial charge in [-0.15, -0.1) is 0 Å². The lowest BCUT2D eigenvalue weighted by Crippen LogP contribution is -1.92. The van der Waals surface area contributed by atoms with Crippen LogP contribution in [0, 0.1) is 0 Å². The first-order chi connectivity index (χ1) is 24.8. The van der Waals surface area contributed by atoms with Crippen molar-refractivity contribution in [3.05, 3.63) is 158 Å². The first kappa shape index (κ1) is 19.4. The Kier molecular flexibility index (Phi) is 4.00. The Hall–Kier alpha value is -5.92. The number of furan rings is 1. The Morgan fingerprint density at radius 3 is 1.69 bits per heavy atom. The topological polar surface area (TPSA) is 13.1 Å². The van der Waals surface area contributed by atoms with Crippen LogP contribution in [-0.4, -0.2) is 0 Å². The second-order valence-corrected chi connectivity index (χ2v) is 11.6. The van der Waals surface area contributed by atoms with Gasteiger partial charge in [0.15, 0.2) is 0 Å². The molecule has 45 heavy (non-hydrogen) atoms. The summed E-state index contributed by atoms with van der Waals surface area (Å²) in [5, 5.41) is 9.40. The van der Waals surface area contributed by atoms with Crippen LogP contribution in [0.5, 0.6) is 0 Å². The molecule has 0 N–H and O–H groups in total. The normalized spacial score (nSPS) is 13.9. The van der Waals surface area contributed by atoms with Gasteiger partial charge in [0.2, 0.25) is 0 Å². The summed E-state index contributed by atoms with van der Waals surface area (Å²) in [7, 11) is 0. The highest BCUT2D eigenvalue weighted by molar-refractivity contribution is 6.30. The summed E-state index contributed by atoms with van der Waals surface area (Å²) in [5.74, 6) is 0. The molecule has 0 aliphatic rings. The molecule has 0 radical (unpaired) electrons. The zero-order valence-electron chi connectivity index (χ0n) is 30.0. The molecule has 1 heteroatoms. The summed E-state index contributed by atoms with van der Waals surface area (Å²) in [6.45, 7) is 0. The van der Waals surface area contributed by atoms with Crippen LogP contribution >= 0.6 is 0 Å². The molecular formula is C44H26O. The van der Waals surface area contributed by atoms with Gasteiger partial charge >= 0.3 is 0 Å². The molecule has 208 valence electrons. The fourth-order valence-corrected chi connectivity index (χ4v) is 7.18. The van der Waals surface area contributed by atoms with Crippen molar-refractivity contribution < 1.29 is 12.6 Å². The van der Waals surface area contributed by atoms with E-state index in [4.69, 9.17) is 9.90 Å². The fraction of sp³-hybridized carbons (Fsp3) is 0. The van der Waals surface area contributed by atoms with Crippen LogP contribution in [0.1, 0.15) is 8.22 Å². The minimum Gasteiger partial charge on any atom is -0.456 e. The monoisotopic (exact) mass is 576 g/mol. The van der Waals surface area contributed by atoms with E-state index in [2.05, 4.69) is 84.9 Å². The second-order valence-electron chi connectivity index (χ2n) is 11.6. The maximum Gasteiger partial charge on any atom is 0.136 e. The average molecular weight is 577 g/mol. The number of rotatable bonds is 2. The molecular weight excluding hydrogens is 544 g/mol. The maximum absolute atomic E-state index is 9.55. The average Bonchev–Trinajstić information content (AvgIpc) is 3.55. The molecule has 1 heterocycles. The zero-order chi connectivity index (χ0) is 34.7. The molecule has 0 aliphatic carbocycles. The van der Waals surface area contributed by atoms with E-state index in [1.54, 1.807) is 0 Å². The third kappa shape index (κ3) is 3.56. The first-order valence-corrected chi connectivity index (χ1v) is 15.0. The largest absolute Gasteiger partial charge is 0.456 e. The highest BCUT2D eigenvalue weighted by atomic mass is 16.3. The lowest BCUT2D eigenvalue weighted by atomic mass is 9.83. The lowest BCUT2D eigenvalue weighted by molar-refractivity contribution is 0.670. The summed E-state index contributed by atoms with van der Waals surface area (Å²) in [6, 6.07) is 40.0. The van der Waals surface area contributed by atoms with Gasteiger partial charge in [-0.1, -0.05) is 133 Å². The molecule has 0 fully saturated rings. The molecule has 9 aromatic carbocycles. The quantitative estimate of drug-likeness (QED) is 0.187. The van der Waals surface area contributed by atoms with Gasteiger partial charge in [0, 0.05) is 16.3 Å². The van der Waals surface area contributed by atoms with Crippen molar-refractivity contribution in [1.82, 2.24) is 0 Å². The van der Waals surface area contributed by atoms with E-state index >= 15 is 0 Å². The molecule has 0 atom stereocenters. The van der Waals surface area contributed by atoms with Crippen molar-refractivity contribution >= 4 is 75.8 Å². The van der Waals surface area contributed by atoms with Crippen LogP contribution < -0.4 is 0 Å². The van der Waals surface area contributed by atoms with E-state index in [9.17, 15) is 2.74 Å². The van der Waals surface area contributed by atoms with E-state index in [-0.39, 0.29) is 40.5 Å². The van der Waals surface area contributed by atoms with Crippen LogP contribution in [0.15, 0.2) is 162 Å². The predicted molar refractivity (Wildman–Crippen MR) is 192 cm³/mol. The highest BCUT2D eigenvalue weighted by Gasteiger charge is 2.23. The zero-order valence-corrected chi connectivity index (χ0v) is 24.0. The van der Waals surface area contributed by atoms with E-state index in [1.807, 2.05) is 36.4 Å². The van der Waals surface area contributed by atoms with Crippen molar-refractivity contribution in [1.29, 1.82) is 0 Å². The predicted octanol–water partition coefficient (Wildman–Crippen LogP) is 12.7. The maximum atomic E-state index is 9.55.